The Hall–Kier alpha value is -0.610. The average Bonchev–Trinajstić information content (AvgIpc) is 2.27. The molecule has 2 unspecified atom stereocenters. The van der Waals surface area contributed by atoms with Crippen molar-refractivity contribution < 1.29 is 15.0 Å². The number of carboxylic acid groups (broad SMARTS) is 1. The predicted octanol–water partition coefficient (Wildman–Crippen LogP) is 1.87. The number of nitrogens with zero attached hydrogens (tertiary/aromatic N) is 1. The molecule has 0 aromatic rings. The lowest BCUT2D eigenvalue weighted by Crippen LogP contribution is -2.48. The zero-order valence-corrected chi connectivity index (χ0v) is 11.0. The van der Waals surface area contributed by atoms with Gasteiger partial charge in [-0.2, -0.15) is 0 Å². The highest BCUT2D eigenvalue weighted by Gasteiger charge is 2.28. The van der Waals surface area contributed by atoms with E-state index in [-0.39, 0.29) is 6.42 Å². The number of rotatable bonds is 6. The van der Waals surface area contributed by atoms with Crippen LogP contribution in [0.1, 0.15) is 52.4 Å². The van der Waals surface area contributed by atoms with Crippen LogP contribution in [-0.2, 0) is 4.79 Å². The molecular formula is C13H25NO3. The minimum absolute atomic E-state index is 0.232. The zero-order chi connectivity index (χ0) is 12.9. The SMILES string of the molecule is CCC(C)(O)CN1CCCCC1CCC(=O)O. The van der Waals surface area contributed by atoms with E-state index in [9.17, 15) is 9.90 Å². The molecule has 1 aliphatic rings. The van der Waals surface area contributed by atoms with Gasteiger partial charge in [-0.1, -0.05) is 13.3 Å². The molecule has 2 N–H and O–H groups in total. The third kappa shape index (κ3) is 5.04. The number of aliphatic carboxylic acids is 1. The minimum Gasteiger partial charge on any atom is -0.481 e. The second kappa shape index (κ2) is 6.36. The van der Waals surface area contributed by atoms with Gasteiger partial charge in [-0.15, -0.1) is 0 Å². The van der Waals surface area contributed by atoms with Gasteiger partial charge in [-0.3, -0.25) is 9.69 Å². The van der Waals surface area contributed by atoms with Gasteiger partial charge in [-0.25, -0.2) is 0 Å². The smallest absolute Gasteiger partial charge is 0.303 e. The minimum atomic E-state index is -0.724. The maximum absolute atomic E-state index is 10.6. The molecule has 0 bridgehead atoms. The van der Waals surface area contributed by atoms with Crippen molar-refractivity contribution in [1.29, 1.82) is 0 Å². The molecule has 100 valence electrons. The number of carboxylic acids is 1. The Kier molecular flexibility index (Phi) is 5.40. The number of aliphatic hydroxyl groups is 1. The van der Waals surface area contributed by atoms with Crippen molar-refractivity contribution in [2.75, 3.05) is 13.1 Å². The Morgan fingerprint density at radius 1 is 1.47 bits per heavy atom. The van der Waals surface area contributed by atoms with Crippen LogP contribution in [0.4, 0.5) is 0 Å². The highest BCUT2D eigenvalue weighted by molar-refractivity contribution is 5.66. The van der Waals surface area contributed by atoms with Crippen LogP contribution in [0.2, 0.25) is 0 Å². The molecule has 17 heavy (non-hydrogen) atoms. The van der Waals surface area contributed by atoms with E-state index in [4.69, 9.17) is 5.11 Å². The fraction of sp³-hybridized carbons (Fsp3) is 0.923. The van der Waals surface area contributed by atoms with Gasteiger partial charge in [0.05, 0.1) is 5.60 Å². The number of hydrogen-bond acceptors (Lipinski definition) is 3. The van der Waals surface area contributed by atoms with E-state index in [0.29, 0.717) is 19.0 Å². The van der Waals surface area contributed by atoms with Gasteiger partial charge < -0.3 is 10.2 Å². The summed E-state index contributed by atoms with van der Waals surface area (Å²) in [6.07, 6.45) is 5.06. The summed E-state index contributed by atoms with van der Waals surface area (Å²) in [5, 5.41) is 18.9. The van der Waals surface area contributed by atoms with Crippen LogP contribution in [-0.4, -0.2) is 45.8 Å². The van der Waals surface area contributed by atoms with Gasteiger partial charge in [0, 0.05) is 19.0 Å². The highest BCUT2D eigenvalue weighted by Crippen LogP contribution is 2.23. The van der Waals surface area contributed by atoms with Gasteiger partial charge in [0.2, 0.25) is 0 Å². The van der Waals surface area contributed by atoms with E-state index in [1.54, 1.807) is 0 Å². The molecule has 1 aliphatic heterocycles. The number of piperidine rings is 1. The standard InChI is InChI=1S/C13H25NO3/c1-3-13(2,17)10-14-9-5-4-6-11(14)7-8-12(15)16/h11,17H,3-10H2,1-2H3,(H,15,16). The van der Waals surface area contributed by atoms with Gasteiger partial charge in [0.15, 0.2) is 0 Å². The summed E-state index contributed by atoms with van der Waals surface area (Å²) in [6.45, 7) is 5.49. The van der Waals surface area contributed by atoms with Crippen LogP contribution < -0.4 is 0 Å². The third-order valence-corrected chi connectivity index (χ3v) is 3.75. The van der Waals surface area contributed by atoms with Crippen LogP contribution in [0, 0.1) is 0 Å². The first-order valence-corrected chi connectivity index (χ1v) is 6.63. The molecular weight excluding hydrogens is 218 g/mol. The molecule has 1 saturated heterocycles. The first kappa shape index (κ1) is 14.5. The number of carbonyl (C=O) groups is 1. The second-order valence-corrected chi connectivity index (χ2v) is 5.40. The van der Waals surface area contributed by atoms with Crippen LogP contribution in [0.25, 0.3) is 0 Å². The van der Waals surface area contributed by atoms with E-state index >= 15 is 0 Å². The summed E-state index contributed by atoms with van der Waals surface area (Å²) in [7, 11) is 0. The summed E-state index contributed by atoms with van der Waals surface area (Å²) in [5.74, 6) is -0.724. The molecule has 2 atom stereocenters. The van der Waals surface area contributed by atoms with Gasteiger partial charge in [0.25, 0.3) is 0 Å². The Balaban J connectivity index is 2.50. The molecule has 0 aromatic carbocycles. The van der Waals surface area contributed by atoms with E-state index in [2.05, 4.69) is 4.90 Å². The van der Waals surface area contributed by atoms with Gasteiger partial charge in [-0.05, 0) is 39.2 Å². The maximum atomic E-state index is 10.6. The molecule has 0 saturated carbocycles. The topological polar surface area (TPSA) is 60.8 Å². The van der Waals surface area contributed by atoms with Crippen molar-refractivity contribution in [1.82, 2.24) is 4.90 Å². The predicted molar refractivity (Wildman–Crippen MR) is 67.0 cm³/mol. The molecule has 4 heteroatoms. The molecule has 0 amide bonds. The average molecular weight is 243 g/mol. The van der Waals surface area contributed by atoms with Crippen LogP contribution in [0.15, 0.2) is 0 Å². The van der Waals surface area contributed by atoms with Crippen molar-refractivity contribution >= 4 is 5.97 Å². The Morgan fingerprint density at radius 3 is 2.76 bits per heavy atom. The lowest BCUT2D eigenvalue weighted by molar-refractivity contribution is -0.137. The van der Waals surface area contributed by atoms with Gasteiger partial charge >= 0.3 is 5.97 Å². The summed E-state index contributed by atoms with van der Waals surface area (Å²) in [4.78, 5) is 12.9. The van der Waals surface area contributed by atoms with E-state index < -0.39 is 11.6 Å². The van der Waals surface area contributed by atoms with Gasteiger partial charge in [0.1, 0.15) is 0 Å². The third-order valence-electron chi connectivity index (χ3n) is 3.75. The Labute approximate surface area is 104 Å². The van der Waals surface area contributed by atoms with E-state index in [1.165, 1.54) is 6.42 Å². The first-order valence-electron chi connectivity index (χ1n) is 6.63. The molecule has 0 aromatic heterocycles. The van der Waals surface area contributed by atoms with Crippen molar-refractivity contribution in [3.8, 4) is 0 Å². The van der Waals surface area contributed by atoms with Crippen LogP contribution in [0.5, 0.6) is 0 Å². The molecule has 1 fully saturated rings. The van der Waals surface area contributed by atoms with Crippen LogP contribution >= 0.6 is 0 Å². The Morgan fingerprint density at radius 2 is 2.18 bits per heavy atom. The number of β-amino-alcohol motifs (C(OH)–C–C–N with tert-alkyl or cyclic N) is 1. The first-order chi connectivity index (χ1) is 7.94. The van der Waals surface area contributed by atoms with E-state index in [1.807, 2.05) is 13.8 Å². The number of hydrogen-bond donors (Lipinski definition) is 2. The van der Waals surface area contributed by atoms with Crippen LogP contribution in [0.3, 0.4) is 0 Å². The van der Waals surface area contributed by atoms with E-state index in [0.717, 1.165) is 25.8 Å². The monoisotopic (exact) mass is 243 g/mol. The number of likely N-dealkylation sites (tertiary alicyclic amines) is 1. The lowest BCUT2D eigenvalue weighted by Gasteiger charge is -2.39. The second-order valence-electron chi connectivity index (χ2n) is 5.40. The molecule has 4 nitrogen and oxygen atoms in total. The zero-order valence-electron chi connectivity index (χ0n) is 11.0. The summed E-state index contributed by atoms with van der Waals surface area (Å²) in [5.41, 5.74) is -0.654. The lowest BCUT2D eigenvalue weighted by atomic mass is 9.94. The molecule has 0 radical (unpaired) electrons. The summed E-state index contributed by atoms with van der Waals surface area (Å²) in [6, 6.07) is 0.331. The van der Waals surface area contributed by atoms with Crippen molar-refractivity contribution in [2.45, 2.75) is 64.0 Å². The van der Waals surface area contributed by atoms with Crippen molar-refractivity contribution in [3.63, 3.8) is 0 Å². The molecule has 0 aliphatic carbocycles. The maximum Gasteiger partial charge on any atom is 0.303 e. The molecule has 1 rings (SSSR count). The highest BCUT2D eigenvalue weighted by atomic mass is 16.4. The Bertz CT molecular complexity index is 253. The largest absolute Gasteiger partial charge is 0.481 e. The summed E-state index contributed by atoms with van der Waals surface area (Å²) < 4.78 is 0. The fourth-order valence-electron chi connectivity index (χ4n) is 2.43. The quantitative estimate of drug-likeness (QED) is 0.747. The summed E-state index contributed by atoms with van der Waals surface area (Å²) >= 11 is 0. The van der Waals surface area contributed by atoms with Crippen molar-refractivity contribution in [3.05, 3.63) is 0 Å². The molecule has 0 spiro atoms. The normalized spacial score (nSPS) is 25.5. The fourth-order valence-corrected chi connectivity index (χ4v) is 2.43. The molecule has 1 heterocycles. The van der Waals surface area contributed by atoms with Crippen molar-refractivity contribution in [2.24, 2.45) is 0 Å².